The second-order valence-corrected chi connectivity index (χ2v) is 7.99. The highest BCUT2D eigenvalue weighted by molar-refractivity contribution is 5.90. The molecule has 2 N–H and O–H groups in total. The third-order valence-electron chi connectivity index (χ3n) is 5.53. The summed E-state index contributed by atoms with van der Waals surface area (Å²) in [7, 11) is 0. The van der Waals surface area contributed by atoms with E-state index in [9.17, 15) is 24.6 Å². The first-order chi connectivity index (χ1) is 17.4. The van der Waals surface area contributed by atoms with Gasteiger partial charge in [-0.15, -0.1) is 0 Å². The van der Waals surface area contributed by atoms with Crippen molar-refractivity contribution in [3.05, 3.63) is 108 Å². The van der Waals surface area contributed by atoms with Crippen molar-refractivity contribution >= 4 is 17.9 Å². The number of aliphatic hydroxyl groups excluding tert-OH is 2. The number of ether oxygens (including phenoxy) is 4. The van der Waals surface area contributed by atoms with Crippen molar-refractivity contribution in [3.8, 4) is 0 Å². The van der Waals surface area contributed by atoms with Crippen molar-refractivity contribution in [2.45, 2.75) is 30.7 Å². The fourth-order valence-corrected chi connectivity index (χ4v) is 3.67. The van der Waals surface area contributed by atoms with E-state index >= 15 is 0 Å². The van der Waals surface area contributed by atoms with Crippen molar-refractivity contribution < 1.29 is 43.5 Å². The monoisotopic (exact) mass is 492 g/mol. The minimum atomic E-state index is -1.80. The number of hydrogen-bond acceptors (Lipinski definition) is 9. The molecule has 0 aliphatic carbocycles. The molecule has 3 aromatic carbocycles. The zero-order chi connectivity index (χ0) is 25.5. The smallest absolute Gasteiger partial charge is 0.338 e. The van der Waals surface area contributed by atoms with Crippen LogP contribution < -0.4 is 0 Å². The first-order valence-electron chi connectivity index (χ1n) is 11.2. The maximum Gasteiger partial charge on any atom is 0.338 e. The summed E-state index contributed by atoms with van der Waals surface area (Å²) in [5.41, 5.74) is 0.663. The van der Waals surface area contributed by atoms with Gasteiger partial charge in [-0.3, -0.25) is 0 Å². The summed E-state index contributed by atoms with van der Waals surface area (Å²) in [6.07, 6.45) is -7.72. The van der Waals surface area contributed by atoms with Crippen LogP contribution in [0.15, 0.2) is 91.0 Å². The van der Waals surface area contributed by atoms with Crippen LogP contribution in [0.2, 0.25) is 0 Å². The van der Waals surface area contributed by atoms with Crippen molar-refractivity contribution in [2.24, 2.45) is 0 Å². The zero-order valence-corrected chi connectivity index (χ0v) is 19.0. The maximum atomic E-state index is 12.8. The normalized spacial score (nSPS) is 23.3. The average molecular weight is 492 g/mol. The molecule has 5 atom stereocenters. The maximum absolute atomic E-state index is 12.8. The minimum absolute atomic E-state index is 0.186. The van der Waals surface area contributed by atoms with E-state index in [0.717, 1.165) is 0 Å². The zero-order valence-electron chi connectivity index (χ0n) is 19.0. The van der Waals surface area contributed by atoms with Gasteiger partial charge in [-0.05, 0) is 36.4 Å². The van der Waals surface area contributed by atoms with Gasteiger partial charge in [0.25, 0.3) is 0 Å². The number of aliphatic hydroxyl groups is 2. The van der Waals surface area contributed by atoms with E-state index in [0.29, 0.717) is 0 Å². The number of rotatable bonds is 7. The van der Waals surface area contributed by atoms with Gasteiger partial charge in [-0.25, -0.2) is 14.4 Å². The second-order valence-electron chi connectivity index (χ2n) is 7.99. The van der Waals surface area contributed by atoms with Crippen LogP contribution in [0.1, 0.15) is 31.1 Å². The third kappa shape index (κ3) is 5.95. The number of carbonyl (C=O) groups is 3. The summed E-state index contributed by atoms with van der Waals surface area (Å²) in [6.45, 7) is -0.455. The Labute approximate surface area is 206 Å². The molecule has 186 valence electrons. The van der Waals surface area contributed by atoms with Gasteiger partial charge in [0.1, 0.15) is 18.8 Å². The quantitative estimate of drug-likeness (QED) is 0.377. The van der Waals surface area contributed by atoms with Gasteiger partial charge in [0.15, 0.2) is 18.5 Å². The highest BCUT2D eigenvalue weighted by Crippen LogP contribution is 2.27. The molecule has 0 saturated carbocycles. The van der Waals surface area contributed by atoms with Gasteiger partial charge in [0.05, 0.1) is 16.7 Å². The molecule has 0 amide bonds. The number of hydrogen-bond donors (Lipinski definition) is 2. The SMILES string of the molecule is O=C(OC[C@H]1O[C@@H](O)[C@@H](O)[C@@H](OC(=O)c2ccccc2)[C@H]1OC(=O)c1ccccc1)c1ccccc1. The van der Waals surface area contributed by atoms with Crippen LogP contribution in [0.25, 0.3) is 0 Å². The van der Waals surface area contributed by atoms with Gasteiger partial charge < -0.3 is 29.2 Å². The van der Waals surface area contributed by atoms with E-state index in [-0.39, 0.29) is 16.7 Å². The average Bonchev–Trinajstić information content (AvgIpc) is 2.92. The lowest BCUT2D eigenvalue weighted by molar-refractivity contribution is -0.285. The van der Waals surface area contributed by atoms with Crippen LogP contribution in [0.4, 0.5) is 0 Å². The topological polar surface area (TPSA) is 129 Å². The first kappa shape index (κ1) is 25.1. The molecular formula is C27H24O9. The molecule has 1 aliphatic rings. The summed E-state index contributed by atoms with van der Waals surface area (Å²) in [5.74, 6) is -2.27. The van der Waals surface area contributed by atoms with Crippen molar-refractivity contribution in [1.82, 2.24) is 0 Å². The Morgan fingerprint density at radius 3 is 1.53 bits per heavy atom. The van der Waals surface area contributed by atoms with Crippen molar-refractivity contribution in [1.29, 1.82) is 0 Å². The lowest BCUT2D eigenvalue weighted by Gasteiger charge is -2.41. The predicted octanol–water partition coefficient (Wildman–Crippen LogP) is 2.37. The minimum Gasteiger partial charge on any atom is -0.459 e. The van der Waals surface area contributed by atoms with Crippen LogP contribution in [-0.4, -0.2) is 65.4 Å². The van der Waals surface area contributed by atoms with Gasteiger partial charge in [0.2, 0.25) is 0 Å². The summed E-state index contributed by atoms with van der Waals surface area (Å²) in [5, 5.41) is 20.9. The summed E-state index contributed by atoms with van der Waals surface area (Å²) in [4.78, 5) is 38.0. The van der Waals surface area contributed by atoms with E-state index in [4.69, 9.17) is 18.9 Å². The van der Waals surface area contributed by atoms with Crippen LogP contribution in [-0.2, 0) is 18.9 Å². The molecule has 9 heteroatoms. The number of esters is 3. The summed E-state index contributed by atoms with van der Waals surface area (Å²) >= 11 is 0. The van der Waals surface area contributed by atoms with Crippen molar-refractivity contribution in [3.63, 3.8) is 0 Å². The second kappa shape index (κ2) is 11.6. The van der Waals surface area contributed by atoms with Crippen molar-refractivity contribution in [2.75, 3.05) is 6.61 Å². The molecule has 1 saturated heterocycles. The van der Waals surface area contributed by atoms with E-state index < -0.39 is 55.2 Å². The molecular weight excluding hydrogens is 468 g/mol. The Hall–Kier alpha value is -4.05. The third-order valence-corrected chi connectivity index (χ3v) is 5.53. The molecule has 3 aromatic rings. The molecule has 1 fully saturated rings. The van der Waals surface area contributed by atoms with E-state index in [1.165, 1.54) is 24.3 Å². The van der Waals surface area contributed by atoms with Gasteiger partial charge in [-0.2, -0.15) is 0 Å². The van der Waals surface area contributed by atoms with E-state index in [2.05, 4.69) is 0 Å². The molecule has 0 unspecified atom stereocenters. The Balaban J connectivity index is 1.57. The summed E-state index contributed by atoms with van der Waals surface area (Å²) in [6, 6.07) is 24.2. The van der Waals surface area contributed by atoms with Gasteiger partial charge in [-0.1, -0.05) is 54.6 Å². The Morgan fingerprint density at radius 2 is 1.06 bits per heavy atom. The number of carbonyl (C=O) groups excluding carboxylic acids is 3. The molecule has 0 radical (unpaired) electrons. The lowest BCUT2D eigenvalue weighted by atomic mass is 9.98. The van der Waals surface area contributed by atoms with E-state index in [1.54, 1.807) is 66.7 Å². The van der Waals surface area contributed by atoms with Crippen LogP contribution in [0.3, 0.4) is 0 Å². The summed E-state index contributed by atoms with van der Waals surface area (Å²) < 4.78 is 21.8. The molecule has 36 heavy (non-hydrogen) atoms. The highest BCUT2D eigenvalue weighted by atomic mass is 16.7. The first-order valence-corrected chi connectivity index (χ1v) is 11.2. The standard InChI is InChI=1S/C27H24O9/c28-21-23(36-26(31)19-14-8-3-9-15-19)22(35-25(30)18-12-6-2-7-13-18)20(34-27(21)32)16-33-24(29)17-10-4-1-5-11-17/h1-15,20-23,27-28,32H,16H2/t20-,21+,22+,23-,27-/m1/s1. The van der Waals surface area contributed by atoms with Gasteiger partial charge in [0, 0.05) is 0 Å². The Morgan fingerprint density at radius 1 is 0.639 bits per heavy atom. The highest BCUT2D eigenvalue weighted by Gasteiger charge is 2.50. The lowest BCUT2D eigenvalue weighted by Crippen LogP contribution is -2.61. The molecule has 0 spiro atoms. The van der Waals surface area contributed by atoms with Crippen LogP contribution in [0, 0.1) is 0 Å². The predicted molar refractivity (Wildman–Crippen MR) is 125 cm³/mol. The number of benzene rings is 3. The van der Waals surface area contributed by atoms with E-state index in [1.807, 2.05) is 0 Å². The Bertz CT molecular complexity index is 1170. The molecule has 0 aromatic heterocycles. The molecule has 9 nitrogen and oxygen atoms in total. The van der Waals surface area contributed by atoms with Gasteiger partial charge >= 0.3 is 17.9 Å². The fourth-order valence-electron chi connectivity index (χ4n) is 3.67. The molecule has 1 aliphatic heterocycles. The molecule has 0 bridgehead atoms. The molecule has 1 heterocycles. The van der Waals surface area contributed by atoms with Crippen LogP contribution >= 0.6 is 0 Å². The fraction of sp³-hybridized carbons (Fsp3) is 0.222. The van der Waals surface area contributed by atoms with Crippen LogP contribution in [0.5, 0.6) is 0 Å². The largest absolute Gasteiger partial charge is 0.459 e. The Kier molecular flexibility index (Phi) is 8.06. The molecule has 4 rings (SSSR count).